The largest absolute Gasteiger partial charge is 0.490 e. The molecule has 6 heteroatoms. The number of nitrogens with zero attached hydrogens (tertiary/aromatic N) is 1. The number of hydrogen-bond acceptors (Lipinski definition) is 4. The van der Waals surface area contributed by atoms with Crippen LogP contribution in [0, 0.1) is 5.82 Å². The van der Waals surface area contributed by atoms with Gasteiger partial charge in [0.05, 0.1) is 12.8 Å². The van der Waals surface area contributed by atoms with Crippen molar-refractivity contribution in [3.63, 3.8) is 0 Å². The van der Waals surface area contributed by atoms with E-state index in [0.29, 0.717) is 23.7 Å². The fourth-order valence-corrected chi connectivity index (χ4v) is 1.75. The van der Waals surface area contributed by atoms with E-state index < -0.39 is 5.91 Å². The molecule has 23 heavy (non-hydrogen) atoms. The summed E-state index contributed by atoms with van der Waals surface area (Å²) in [7, 11) is 0. The third kappa shape index (κ3) is 5.43. The van der Waals surface area contributed by atoms with Gasteiger partial charge in [-0.05, 0) is 36.8 Å². The zero-order chi connectivity index (χ0) is 16.5. The van der Waals surface area contributed by atoms with Crippen LogP contribution in [0.1, 0.15) is 12.5 Å². The summed E-state index contributed by atoms with van der Waals surface area (Å²) < 4.78 is 23.6. The molecule has 0 aliphatic rings. The average molecular weight is 316 g/mol. The van der Waals surface area contributed by atoms with Crippen molar-refractivity contribution in [2.45, 2.75) is 6.92 Å². The summed E-state index contributed by atoms with van der Waals surface area (Å²) in [5.74, 6) is 0.340. The molecule has 0 saturated carbocycles. The van der Waals surface area contributed by atoms with Crippen molar-refractivity contribution >= 4 is 12.1 Å². The summed E-state index contributed by atoms with van der Waals surface area (Å²) >= 11 is 0. The van der Waals surface area contributed by atoms with Crippen molar-refractivity contribution in [1.29, 1.82) is 0 Å². The lowest BCUT2D eigenvalue weighted by atomic mass is 10.2. The second-order valence-corrected chi connectivity index (χ2v) is 4.51. The Morgan fingerprint density at radius 2 is 1.78 bits per heavy atom. The first kappa shape index (κ1) is 16.5. The molecule has 0 saturated heterocycles. The number of benzene rings is 2. The molecule has 0 aliphatic carbocycles. The van der Waals surface area contributed by atoms with Gasteiger partial charge in [-0.3, -0.25) is 4.79 Å². The van der Waals surface area contributed by atoms with Gasteiger partial charge in [-0.1, -0.05) is 24.3 Å². The van der Waals surface area contributed by atoms with Crippen LogP contribution in [0.2, 0.25) is 0 Å². The lowest BCUT2D eigenvalue weighted by Crippen LogP contribution is -2.24. The first-order valence-corrected chi connectivity index (χ1v) is 7.11. The third-order valence-corrected chi connectivity index (χ3v) is 2.78. The number of amides is 1. The molecule has 1 amide bonds. The molecule has 2 aromatic carbocycles. The number of halogens is 1. The zero-order valence-corrected chi connectivity index (χ0v) is 12.7. The van der Waals surface area contributed by atoms with Gasteiger partial charge in [-0.15, -0.1) is 0 Å². The molecule has 0 spiro atoms. The summed E-state index contributed by atoms with van der Waals surface area (Å²) in [5, 5.41) is 3.78. The van der Waals surface area contributed by atoms with Gasteiger partial charge in [0, 0.05) is 0 Å². The highest BCUT2D eigenvalue weighted by Gasteiger charge is 2.06. The molecule has 1 N–H and O–H groups in total. The molecule has 120 valence electrons. The maximum absolute atomic E-state index is 12.7. The highest BCUT2D eigenvalue weighted by Crippen LogP contribution is 2.26. The van der Waals surface area contributed by atoms with E-state index >= 15 is 0 Å². The predicted octanol–water partition coefficient (Wildman–Crippen LogP) is 2.75. The maximum atomic E-state index is 12.7. The van der Waals surface area contributed by atoms with Crippen LogP contribution < -0.4 is 14.9 Å². The summed E-state index contributed by atoms with van der Waals surface area (Å²) in [4.78, 5) is 11.7. The molecule has 2 rings (SSSR count). The van der Waals surface area contributed by atoms with Crippen molar-refractivity contribution in [3.05, 3.63) is 59.9 Å². The normalized spacial score (nSPS) is 10.5. The second kappa shape index (κ2) is 8.53. The summed E-state index contributed by atoms with van der Waals surface area (Å²) in [5.41, 5.74) is 3.01. The Labute approximate surface area is 133 Å². The van der Waals surface area contributed by atoms with Crippen molar-refractivity contribution in [2.24, 2.45) is 5.10 Å². The van der Waals surface area contributed by atoms with Crippen LogP contribution in [-0.4, -0.2) is 25.3 Å². The van der Waals surface area contributed by atoms with E-state index in [4.69, 9.17) is 9.47 Å². The van der Waals surface area contributed by atoms with Crippen molar-refractivity contribution < 1.29 is 18.7 Å². The van der Waals surface area contributed by atoms with Gasteiger partial charge >= 0.3 is 0 Å². The maximum Gasteiger partial charge on any atom is 0.277 e. The van der Waals surface area contributed by atoms with Crippen LogP contribution in [0.15, 0.2) is 53.6 Å². The fraction of sp³-hybridized carbons (Fsp3) is 0.176. The lowest BCUT2D eigenvalue weighted by Gasteiger charge is -2.10. The minimum Gasteiger partial charge on any atom is -0.490 e. The second-order valence-electron chi connectivity index (χ2n) is 4.51. The third-order valence-electron chi connectivity index (χ3n) is 2.78. The zero-order valence-electron chi connectivity index (χ0n) is 12.7. The smallest absolute Gasteiger partial charge is 0.277 e. The number of carbonyl (C=O) groups is 1. The van der Waals surface area contributed by atoms with Gasteiger partial charge in [0.1, 0.15) is 5.82 Å². The van der Waals surface area contributed by atoms with E-state index in [9.17, 15) is 9.18 Å². The fourth-order valence-electron chi connectivity index (χ4n) is 1.75. The van der Waals surface area contributed by atoms with Crippen LogP contribution in [-0.2, 0) is 4.79 Å². The van der Waals surface area contributed by atoms with E-state index in [-0.39, 0.29) is 12.4 Å². The van der Waals surface area contributed by atoms with Gasteiger partial charge in [-0.25, -0.2) is 9.82 Å². The summed E-state index contributed by atoms with van der Waals surface area (Å²) in [6, 6.07) is 12.9. The quantitative estimate of drug-likeness (QED) is 0.631. The Hall–Kier alpha value is -2.89. The SMILES string of the molecule is CCOc1ccccc1OCC(=O)N/N=C\c1ccc(F)cc1. The number of hydrazone groups is 1. The van der Waals surface area contributed by atoms with Crippen LogP contribution in [0.5, 0.6) is 11.5 Å². The van der Waals surface area contributed by atoms with Crippen molar-refractivity contribution in [3.8, 4) is 11.5 Å². The Morgan fingerprint density at radius 3 is 2.43 bits per heavy atom. The topological polar surface area (TPSA) is 59.9 Å². The standard InChI is InChI=1S/C17H17FN2O3/c1-2-22-15-5-3-4-6-16(15)23-12-17(21)20-19-11-13-7-9-14(18)10-8-13/h3-11H,2,12H2,1H3,(H,20,21)/b19-11-. The van der Waals surface area contributed by atoms with Crippen LogP contribution in [0.25, 0.3) is 0 Å². The number of hydrogen-bond donors (Lipinski definition) is 1. The van der Waals surface area contributed by atoms with Gasteiger partial charge < -0.3 is 9.47 Å². The lowest BCUT2D eigenvalue weighted by molar-refractivity contribution is -0.123. The molecule has 0 fully saturated rings. The first-order valence-electron chi connectivity index (χ1n) is 7.11. The number of ether oxygens (including phenoxy) is 2. The van der Waals surface area contributed by atoms with Gasteiger partial charge in [-0.2, -0.15) is 5.10 Å². The number of nitrogens with one attached hydrogen (secondary N) is 1. The minimum atomic E-state index is -0.408. The van der Waals surface area contributed by atoms with Gasteiger partial charge in [0.25, 0.3) is 5.91 Å². The molecular formula is C17H17FN2O3. The molecule has 0 atom stereocenters. The van der Waals surface area contributed by atoms with E-state index in [1.54, 1.807) is 30.3 Å². The van der Waals surface area contributed by atoms with Crippen LogP contribution in [0.3, 0.4) is 0 Å². The first-order chi connectivity index (χ1) is 11.2. The van der Waals surface area contributed by atoms with E-state index in [0.717, 1.165) is 0 Å². The van der Waals surface area contributed by atoms with E-state index in [1.807, 2.05) is 13.0 Å². The molecule has 0 radical (unpaired) electrons. The molecule has 2 aromatic rings. The molecule has 0 aliphatic heterocycles. The van der Waals surface area contributed by atoms with Crippen LogP contribution >= 0.6 is 0 Å². The van der Waals surface area contributed by atoms with Gasteiger partial charge in [0.15, 0.2) is 18.1 Å². The number of carbonyl (C=O) groups excluding carboxylic acids is 1. The molecule has 0 heterocycles. The summed E-state index contributed by atoms with van der Waals surface area (Å²) in [6.45, 7) is 2.19. The Balaban J connectivity index is 1.82. The Kier molecular flexibility index (Phi) is 6.11. The van der Waals surface area contributed by atoms with Gasteiger partial charge in [0.2, 0.25) is 0 Å². The average Bonchev–Trinajstić information content (AvgIpc) is 2.56. The molecule has 0 unspecified atom stereocenters. The Morgan fingerprint density at radius 1 is 1.13 bits per heavy atom. The van der Waals surface area contributed by atoms with E-state index in [1.165, 1.54) is 18.3 Å². The molecule has 5 nitrogen and oxygen atoms in total. The van der Waals surface area contributed by atoms with Crippen molar-refractivity contribution in [1.82, 2.24) is 5.43 Å². The van der Waals surface area contributed by atoms with Crippen molar-refractivity contribution in [2.75, 3.05) is 13.2 Å². The molecule has 0 aromatic heterocycles. The minimum absolute atomic E-state index is 0.190. The highest BCUT2D eigenvalue weighted by molar-refractivity contribution is 5.82. The van der Waals surface area contributed by atoms with E-state index in [2.05, 4.69) is 10.5 Å². The Bertz CT molecular complexity index is 672. The predicted molar refractivity (Wildman–Crippen MR) is 85.2 cm³/mol. The number of rotatable bonds is 7. The molecular weight excluding hydrogens is 299 g/mol. The summed E-state index contributed by atoms with van der Waals surface area (Å²) in [6.07, 6.45) is 1.42. The van der Waals surface area contributed by atoms with Crippen LogP contribution in [0.4, 0.5) is 4.39 Å². The highest BCUT2D eigenvalue weighted by atomic mass is 19.1. The monoisotopic (exact) mass is 316 g/mol. The molecule has 0 bridgehead atoms. The number of para-hydroxylation sites is 2.